The summed E-state index contributed by atoms with van der Waals surface area (Å²) in [5, 5.41) is 0. The third-order valence-corrected chi connectivity index (χ3v) is 1.99. The Hall–Kier alpha value is -1.77. The zero-order chi connectivity index (χ0) is 11.3. The first-order chi connectivity index (χ1) is 7.24. The molecule has 1 aromatic rings. The SMILES string of the molecule is C/C=C/C(=O)c1c(OC)cccc1OC. The third-order valence-electron chi connectivity index (χ3n) is 1.99. The highest BCUT2D eigenvalue weighted by atomic mass is 16.5. The van der Waals surface area contributed by atoms with Crippen molar-refractivity contribution in [2.75, 3.05) is 14.2 Å². The summed E-state index contributed by atoms with van der Waals surface area (Å²) >= 11 is 0. The van der Waals surface area contributed by atoms with Gasteiger partial charge in [-0.15, -0.1) is 0 Å². The van der Waals surface area contributed by atoms with E-state index in [0.29, 0.717) is 17.1 Å². The molecule has 0 atom stereocenters. The number of benzene rings is 1. The predicted octanol–water partition coefficient (Wildman–Crippen LogP) is 2.46. The molecular formula is C12H14O3. The van der Waals surface area contributed by atoms with Gasteiger partial charge in [-0.1, -0.05) is 12.1 Å². The molecule has 1 rings (SSSR count). The molecule has 0 heterocycles. The van der Waals surface area contributed by atoms with Crippen molar-refractivity contribution in [1.82, 2.24) is 0 Å². The highest BCUT2D eigenvalue weighted by molar-refractivity contribution is 6.08. The maximum atomic E-state index is 11.8. The van der Waals surface area contributed by atoms with E-state index in [0.717, 1.165) is 0 Å². The Labute approximate surface area is 89.3 Å². The second kappa shape index (κ2) is 5.20. The Kier molecular flexibility index (Phi) is 3.92. The van der Waals surface area contributed by atoms with E-state index in [-0.39, 0.29) is 5.78 Å². The summed E-state index contributed by atoms with van der Waals surface area (Å²) in [7, 11) is 3.06. The van der Waals surface area contributed by atoms with Gasteiger partial charge in [0.2, 0.25) is 0 Å². The van der Waals surface area contributed by atoms with Gasteiger partial charge in [0.05, 0.1) is 14.2 Å². The molecule has 80 valence electrons. The summed E-state index contributed by atoms with van der Waals surface area (Å²) in [5.74, 6) is 0.932. The van der Waals surface area contributed by atoms with Crippen molar-refractivity contribution < 1.29 is 14.3 Å². The summed E-state index contributed by atoms with van der Waals surface area (Å²) < 4.78 is 10.2. The van der Waals surface area contributed by atoms with Crippen LogP contribution in [0.1, 0.15) is 17.3 Å². The fourth-order valence-corrected chi connectivity index (χ4v) is 1.33. The smallest absolute Gasteiger partial charge is 0.192 e. The fourth-order valence-electron chi connectivity index (χ4n) is 1.33. The number of methoxy groups -OCH3 is 2. The minimum absolute atomic E-state index is 0.119. The largest absolute Gasteiger partial charge is 0.496 e. The number of carbonyl (C=O) groups is 1. The molecule has 0 aromatic heterocycles. The quantitative estimate of drug-likeness (QED) is 0.560. The van der Waals surface area contributed by atoms with E-state index in [1.807, 2.05) is 0 Å². The average molecular weight is 206 g/mol. The van der Waals surface area contributed by atoms with Crippen LogP contribution >= 0.6 is 0 Å². The van der Waals surface area contributed by atoms with Crippen LogP contribution in [0.2, 0.25) is 0 Å². The Morgan fingerprint density at radius 3 is 2.13 bits per heavy atom. The second-order valence-electron chi connectivity index (χ2n) is 2.90. The molecule has 0 aliphatic heterocycles. The number of rotatable bonds is 4. The topological polar surface area (TPSA) is 35.5 Å². The Bertz CT molecular complexity index is 358. The lowest BCUT2D eigenvalue weighted by Crippen LogP contribution is -2.02. The van der Waals surface area contributed by atoms with E-state index >= 15 is 0 Å². The lowest BCUT2D eigenvalue weighted by molar-refractivity contribution is 0.104. The molecule has 0 N–H and O–H groups in total. The van der Waals surface area contributed by atoms with Crippen molar-refractivity contribution in [2.24, 2.45) is 0 Å². The minimum atomic E-state index is -0.119. The van der Waals surface area contributed by atoms with E-state index in [1.54, 1.807) is 31.2 Å². The fraction of sp³-hybridized carbons (Fsp3) is 0.250. The van der Waals surface area contributed by atoms with Crippen molar-refractivity contribution in [3.63, 3.8) is 0 Å². The van der Waals surface area contributed by atoms with Crippen LogP contribution in [0.5, 0.6) is 11.5 Å². The third kappa shape index (κ3) is 2.37. The van der Waals surface area contributed by atoms with Crippen LogP contribution in [0.25, 0.3) is 0 Å². The van der Waals surface area contributed by atoms with Crippen molar-refractivity contribution >= 4 is 5.78 Å². The molecule has 0 aliphatic rings. The number of hydrogen-bond acceptors (Lipinski definition) is 3. The zero-order valence-corrected chi connectivity index (χ0v) is 9.11. The van der Waals surface area contributed by atoms with Crippen LogP contribution in [-0.4, -0.2) is 20.0 Å². The molecule has 0 saturated heterocycles. The summed E-state index contributed by atoms with van der Waals surface area (Å²) in [5.41, 5.74) is 0.459. The number of carbonyl (C=O) groups excluding carboxylic acids is 1. The van der Waals surface area contributed by atoms with Crippen LogP contribution in [0, 0.1) is 0 Å². The Balaban J connectivity index is 3.27. The number of allylic oxidation sites excluding steroid dienone is 2. The summed E-state index contributed by atoms with van der Waals surface area (Å²) in [6, 6.07) is 5.25. The molecule has 0 fully saturated rings. The average Bonchev–Trinajstić information content (AvgIpc) is 2.28. The molecule has 0 bridgehead atoms. The van der Waals surface area contributed by atoms with Gasteiger partial charge in [0, 0.05) is 0 Å². The molecule has 3 nitrogen and oxygen atoms in total. The predicted molar refractivity (Wildman–Crippen MR) is 58.7 cm³/mol. The lowest BCUT2D eigenvalue weighted by atomic mass is 10.1. The molecule has 0 aliphatic carbocycles. The molecule has 3 heteroatoms. The van der Waals surface area contributed by atoms with E-state index in [2.05, 4.69) is 0 Å². The maximum Gasteiger partial charge on any atom is 0.192 e. The second-order valence-corrected chi connectivity index (χ2v) is 2.90. The van der Waals surface area contributed by atoms with Crippen molar-refractivity contribution in [3.05, 3.63) is 35.9 Å². The van der Waals surface area contributed by atoms with Crippen LogP contribution < -0.4 is 9.47 Å². The highest BCUT2D eigenvalue weighted by Crippen LogP contribution is 2.28. The molecule has 0 unspecified atom stereocenters. The Morgan fingerprint density at radius 2 is 1.73 bits per heavy atom. The number of ketones is 1. The van der Waals surface area contributed by atoms with Gasteiger partial charge < -0.3 is 9.47 Å². The molecule has 0 saturated carbocycles. The molecule has 0 radical (unpaired) electrons. The van der Waals surface area contributed by atoms with Gasteiger partial charge in [0.25, 0.3) is 0 Å². The first-order valence-corrected chi connectivity index (χ1v) is 4.62. The molecular weight excluding hydrogens is 192 g/mol. The van der Waals surface area contributed by atoms with Gasteiger partial charge in [0.1, 0.15) is 17.1 Å². The first-order valence-electron chi connectivity index (χ1n) is 4.62. The van der Waals surface area contributed by atoms with Crippen LogP contribution in [0.3, 0.4) is 0 Å². The molecule has 15 heavy (non-hydrogen) atoms. The van der Waals surface area contributed by atoms with Gasteiger partial charge in [-0.3, -0.25) is 4.79 Å². The van der Waals surface area contributed by atoms with E-state index in [1.165, 1.54) is 20.3 Å². The summed E-state index contributed by atoms with van der Waals surface area (Å²) in [6.07, 6.45) is 3.18. The minimum Gasteiger partial charge on any atom is -0.496 e. The lowest BCUT2D eigenvalue weighted by Gasteiger charge is -2.09. The van der Waals surface area contributed by atoms with Crippen molar-refractivity contribution in [1.29, 1.82) is 0 Å². The number of ether oxygens (including phenoxy) is 2. The standard InChI is InChI=1S/C12H14O3/c1-4-6-9(13)12-10(14-2)7-5-8-11(12)15-3/h4-8H,1-3H3/b6-4+. The van der Waals surface area contributed by atoms with Crippen molar-refractivity contribution in [2.45, 2.75) is 6.92 Å². The first kappa shape index (κ1) is 11.3. The zero-order valence-electron chi connectivity index (χ0n) is 9.11. The van der Waals surface area contributed by atoms with E-state index in [9.17, 15) is 4.79 Å². The molecule has 0 amide bonds. The van der Waals surface area contributed by atoms with E-state index < -0.39 is 0 Å². The van der Waals surface area contributed by atoms with E-state index in [4.69, 9.17) is 9.47 Å². The highest BCUT2D eigenvalue weighted by Gasteiger charge is 2.15. The van der Waals surface area contributed by atoms with Gasteiger partial charge in [-0.25, -0.2) is 0 Å². The van der Waals surface area contributed by atoms with Crippen molar-refractivity contribution in [3.8, 4) is 11.5 Å². The van der Waals surface area contributed by atoms with Crippen LogP contribution in [0.15, 0.2) is 30.4 Å². The summed E-state index contributed by atoms with van der Waals surface area (Å²) in [6.45, 7) is 1.79. The normalized spacial score (nSPS) is 10.3. The number of hydrogen-bond donors (Lipinski definition) is 0. The van der Waals surface area contributed by atoms with Crippen LogP contribution in [0.4, 0.5) is 0 Å². The van der Waals surface area contributed by atoms with Crippen LogP contribution in [-0.2, 0) is 0 Å². The Morgan fingerprint density at radius 1 is 1.20 bits per heavy atom. The maximum absolute atomic E-state index is 11.8. The van der Waals surface area contributed by atoms with Gasteiger partial charge in [0.15, 0.2) is 5.78 Å². The molecule has 0 spiro atoms. The van der Waals surface area contributed by atoms with Gasteiger partial charge in [-0.05, 0) is 25.1 Å². The van der Waals surface area contributed by atoms with Gasteiger partial charge in [-0.2, -0.15) is 0 Å². The molecule has 1 aromatic carbocycles. The summed E-state index contributed by atoms with van der Waals surface area (Å²) in [4.78, 5) is 11.8. The van der Waals surface area contributed by atoms with Gasteiger partial charge >= 0.3 is 0 Å². The monoisotopic (exact) mass is 206 g/mol.